The summed E-state index contributed by atoms with van der Waals surface area (Å²) < 4.78 is 31.7. The van der Waals surface area contributed by atoms with Crippen LogP contribution in [0.15, 0.2) is 59.3 Å². The third kappa shape index (κ3) is 7.81. The van der Waals surface area contributed by atoms with Crippen molar-refractivity contribution >= 4 is 27.4 Å². The average molecular weight is 568 g/mol. The van der Waals surface area contributed by atoms with E-state index in [1.807, 2.05) is 0 Å². The molecule has 0 bridgehead atoms. The van der Waals surface area contributed by atoms with Gasteiger partial charge >= 0.3 is 0 Å². The molecular formula is C28H33N5O6S. The van der Waals surface area contributed by atoms with Crippen LogP contribution in [0.2, 0.25) is 0 Å². The summed E-state index contributed by atoms with van der Waals surface area (Å²) in [6.07, 6.45) is 5.79. The summed E-state index contributed by atoms with van der Waals surface area (Å²) in [4.78, 5) is 45.3. The number of hydrogen-bond donors (Lipinski definition) is 1. The van der Waals surface area contributed by atoms with Crippen molar-refractivity contribution in [1.82, 2.24) is 25.4 Å². The summed E-state index contributed by atoms with van der Waals surface area (Å²) >= 11 is 0. The Morgan fingerprint density at radius 1 is 1.02 bits per heavy atom. The van der Waals surface area contributed by atoms with Gasteiger partial charge in [-0.1, -0.05) is 37.3 Å². The van der Waals surface area contributed by atoms with Crippen LogP contribution in [0.3, 0.4) is 0 Å². The first-order chi connectivity index (χ1) is 19.3. The van der Waals surface area contributed by atoms with Crippen molar-refractivity contribution in [2.24, 2.45) is 5.92 Å². The third-order valence-corrected chi connectivity index (χ3v) is 8.45. The summed E-state index contributed by atoms with van der Waals surface area (Å²) in [6, 6.07) is 11.0. The maximum absolute atomic E-state index is 13.4. The fourth-order valence-electron chi connectivity index (χ4n) is 4.62. The van der Waals surface area contributed by atoms with Crippen LogP contribution < -0.4 is 5.32 Å². The smallest absolute Gasteiger partial charge is 0.286 e. The lowest BCUT2D eigenvalue weighted by molar-refractivity contribution is -0.136. The number of carbonyl (C=O) groups is 3. The van der Waals surface area contributed by atoms with Gasteiger partial charge in [0.15, 0.2) is 9.84 Å². The fourth-order valence-corrected chi connectivity index (χ4v) is 6.32. The molecule has 0 spiro atoms. The largest absolute Gasteiger partial charge is 0.413 e. The van der Waals surface area contributed by atoms with Gasteiger partial charge in [-0.05, 0) is 43.4 Å². The number of piperidine rings is 1. The summed E-state index contributed by atoms with van der Waals surface area (Å²) in [5.41, 5.74) is 1.12. The lowest BCUT2D eigenvalue weighted by Crippen LogP contribution is -2.47. The second kappa shape index (κ2) is 13.4. The molecule has 0 saturated carbocycles. The van der Waals surface area contributed by atoms with Gasteiger partial charge in [0.1, 0.15) is 0 Å². The quantitative estimate of drug-likeness (QED) is 0.326. The van der Waals surface area contributed by atoms with Crippen LogP contribution in [0.1, 0.15) is 55.3 Å². The van der Waals surface area contributed by atoms with Crippen LogP contribution >= 0.6 is 0 Å². The molecule has 1 aliphatic heterocycles. The van der Waals surface area contributed by atoms with Gasteiger partial charge in [-0.15, -0.1) is 10.2 Å². The maximum Gasteiger partial charge on any atom is 0.286 e. The molecule has 3 heterocycles. The molecule has 2 amide bonds. The number of nitrogens with one attached hydrogen (secondary N) is 1. The van der Waals surface area contributed by atoms with Crippen LogP contribution in [0.4, 0.5) is 0 Å². The highest BCUT2D eigenvalue weighted by molar-refractivity contribution is 7.90. The fraction of sp³-hybridized carbons (Fsp3) is 0.429. The molecule has 1 N–H and O–H groups in total. The van der Waals surface area contributed by atoms with Crippen LogP contribution in [0.25, 0.3) is 11.5 Å². The van der Waals surface area contributed by atoms with Crippen LogP contribution in [0.5, 0.6) is 0 Å². The van der Waals surface area contributed by atoms with Gasteiger partial charge in [-0.3, -0.25) is 19.4 Å². The van der Waals surface area contributed by atoms with Crippen molar-refractivity contribution in [1.29, 1.82) is 0 Å². The van der Waals surface area contributed by atoms with Crippen molar-refractivity contribution < 1.29 is 27.2 Å². The molecule has 0 aliphatic carbocycles. The Hall–Kier alpha value is -3.93. The van der Waals surface area contributed by atoms with Crippen molar-refractivity contribution in [3.8, 4) is 11.5 Å². The predicted molar refractivity (Wildman–Crippen MR) is 147 cm³/mol. The van der Waals surface area contributed by atoms with E-state index >= 15 is 0 Å². The van der Waals surface area contributed by atoms with Gasteiger partial charge in [0, 0.05) is 31.9 Å². The van der Waals surface area contributed by atoms with Gasteiger partial charge in [-0.2, -0.15) is 0 Å². The molecule has 40 heavy (non-hydrogen) atoms. The monoisotopic (exact) mass is 567 g/mol. The van der Waals surface area contributed by atoms with E-state index in [1.165, 1.54) is 6.20 Å². The molecule has 0 radical (unpaired) electrons. The standard InChI is InChI=1S/C28H33N5O6S/c1-2-23(25(35)28-32-31-27(39-28)21-12-9-13-29-17-21)30-26(36)22(16-24(34)33-14-7-4-8-15-33)19-40(37,38)18-20-10-5-3-6-11-20/h3,5-6,9-13,17,22-23H,2,4,7-8,14-16,18-19H2,1H3,(H,30,36). The number of nitrogens with zero attached hydrogens (tertiary/aromatic N) is 4. The number of aromatic nitrogens is 3. The zero-order chi connectivity index (χ0) is 28.5. The second-order valence-corrected chi connectivity index (χ2v) is 12.0. The molecule has 11 nitrogen and oxygen atoms in total. The minimum absolute atomic E-state index is 0.106. The SMILES string of the molecule is CCC(NC(=O)C(CC(=O)N1CCCCC1)CS(=O)(=O)Cc1ccccc1)C(=O)c1nnc(-c2cccnc2)o1. The number of carbonyl (C=O) groups excluding carboxylic acids is 3. The Kier molecular flexibility index (Phi) is 9.75. The number of likely N-dealkylation sites (tertiary alicyclic amines) is 1. The first kappa shape index (κ1) is 29.1. The van der Waals surface area contributed by atoms with E-state index < -0.39 is 39.2 Å². The predicted octanol–water partition coefficient (Wildman–Crippen LogP) is 2.84. The molecule has 3 aromatic rings. The molecule has 2 aromatic heterocycles. The molecule has 1 fully saturated rings. The molecule has 12 heteroatoms. The number of sulfone groups is 1. The topological polar surface area (TPSA) is 152 Å². The number of rotatable bonds is 12. The van der Waals surface area contributed by atoms with Crippen LogP contribution in [-0.2, 0) is 25.2 Å². The zero-order valence-corrected chi connectivity index (χ0v) is 23.2. The highest BCUT2D eigenvalue weighted by Crippen LogP contribution is 2.20. The molecule has 2 atom stereocenters. The lowest BCUT2D eigenvalue weighted by atomic mass is 10.0. The Balaban J connectivity index is 1.49. The number of benzene rings is 1. The van der Waals surface area contributed by atoms with E-state index in [0.29, 0.717) is 24.2 Å². The number of amides is 2. The minimum atomic E-state index is -3.76. The van der Waals surface area contributed by atoms with E-state index in [2.05, 4.69) is 20.5 Å². The van der Waals surface area contributed by atoms with Gasteiger partial charge in [-0.25, -0.2) is 8.42 Å². The first-order valence-electron chi connectivity index (χ1n) is 13.4. The third-order valence-electron chi connectivity index (χ3n) is 6.77. The van der Waals surface area contributed by atoms with E-state index in [9.17, 15) is 22.8 Å². The second-order valence-electron chi connectivity index (χ2n) is 9.87. The number of pyridine rings is 1. The summed E-state index contributed by atoms with van der Waals surface area (Å²) in [5, 5.41) is 10.4. The van der Waals surface area contributed by atoms with Crippen molar-refractivity contribution in [2.45, 2.75) is 50.8 Å². The van der Waals surface area contributed by atoms with Crippen LogP contribution in [0, 0.1) is 5.92 Å². The highest BCUT2D eigenvalue weighted by atomic mass is 32.2. The zero-order valence-electron chi connectivity index (χ0n) is 22.4. The molecule has 1 aliphatic rings. The van der Waals surface area contributed by atoms with Gasteiger partial charge < -0.3 is 14.6 Å². The Labute approximate surface area is 233 Å². The number of hydrogen-bond acceptors (Lipinski definition) is 9. The van der Waals surface area contributed by atoms with E-state index in [4.69, 9.17) is 4.42 Å². The number of ketones is 1. The summed E-state index contributed by atoms with van der Waals surface area (Å²) in [7, 11) is -3.76. The highest BCUT2D eigenvalue weighted by Gasteiger charge is 2.33. The van der Waals surface area contributed by atoms with E-state index in [1.54, 1.807) is 60.5 Å². The lowest BCUT2D eigenvalue weighted by Gasteiger charge is -2.28. The van der Waals surface area contributed by atoms with Crippen molar-refractivity contribution in [3.05, 3.63) is 66.3 Å². The molecule has 1 aromatic carbocycles. The average Bonchev–Trinajstić information content (AvgIpc) is 3.47. The molecule has 2 unspecified atom stereocenters. The Bertz CT molecular complexity index is 1410. The van der Waals surface area contributed by atoms with Crippen molar-refractivity contribution in [2.75, 3.05) is 18.8 Å². The maximum atomic E-state index is 13.4. The molecular weight excluding hydrogens is 534 g/mol. The van der Waals surface area contributed by atoms with Crippen LogP contribution in [-0.4, -0.2) is 71.0 Å². The van der Waals surface area contributed by atoms with Gasteiger partial charge in [0.2, 0.25) is 23.5 Å². The molecule has 1 saturated heterocycles. The summed E-state index contributed by atoms with van der Waals surface area (Å²) in [5.74, 6) is -3.70. The Morgan fingerprint density at radius 2 is 1.77 bits per heavy atom. The molecule has 4 rings (SSSR count). The normalized spacial score (nSPS) is 15.3. The molecule has 212 valence electrons. The van der Waals surface area contributed by atoms with E-state index in [0.717, 1.165) is 19.3 Å². The minimum Gasteiger partial charge on any atom is -0.413 e. The Morgan fingerprint density at radius 3 is 2.45 bits per heavy atom. The van der Waals surface area contributed by atoms with E-state index in [-0.39, 0.29) is 36.3 Å². The van der Waals surface area contributed by atoms with Crippen molar-refractivity contribution in [3.63, 3.8) is 0 Å². The van der Waals surface area contributed by atoms with Gasteiger partial charge in [0.05, 0.1) is 29.0 Å². The first-order valence-corrected chi connectivity index (χ1v) is 15.2. The summed E-state index contributed by atoms with van der Waals surface area (Å²) in [6.45, 7) is 2.86. The van der Waals surface area contributed by atoms with Gasteiger partial charge in [0.25, 0.3) is 5.89 Å². The number of Topliss-reactive ketones (excluding diaryl/α,β-unsaturated/α-hetero) is 1.